The van der Waals surface area contributed by atoms with Crippen molar-refractivity contribution in [2.45, 2.75) is 26.4 Å². The maximum Gasteiger partial charge on any atom is 0.0826 e. The van der Waals surface area contributed by atoms with Crippen molar-refractivity contribution in [3.8, 4) is 0 Å². The van der Waals surface area contributed by atoms with Crippen LogP contribution in [0.25, 0.3) is 0 Å². The Kier molecular flexibility index (Phi) is 4.00. The van der Waals surface area contributed by atoms with Crippen LogP contribution in [-0.4, -0.2) is 50.3 Å². The predicted octanol–water partition coefficient (Wildman–Crippen LogP) is 0.953. The number of hydrogen-bond acceptors (Lipinski definition) is 3. The summed E-state index contributed by atoms with van der Waals surface area (Å²) in [5.74, 6) is 1.70. The first kappa shape index (κ1) is 11.4. The van der Waals surface area contributed by atoms with Crippen molar-refractivity contribution in [1.29, 1.82) is 0 Å². The minimum absolute atomic E-state index is 0.413. The van der Waals surface area contributed by atoms with Gasteiger partial charge in [-0.2, -0.15) is 0 Å². The van der Waals surface area contributed by atoms with Crippen molar-refractivity contribution in [3.05, 3.63) is 0 Å². The van der Waals surface area contributed by atoms with E-state index in [0.29, 0.717) is 6.10 Å². The molecule has 0 aromatic heterocycles. The van der Waals surface area contributed by atoms with E-state index in [2.05, 4.69) is 24.1 Å². The molecule has 3 unspecified atom stereocenters. The summed E-state index contributed by atoms with van der Waals surface area (Å²) >= 11 is 0. The summed E-state index contributed by atoms with van der Waals surface area (Å²) in [6, 6.07) is 0. The Hall–Kier alpha value is -0.120. The summed E-state index contributed by atoms with van der Waals surface area (Å²) in [5.41, 5.74) is 0. The van der Waals surface area contributed by atoms with Crippen LogP contribution in [0, 0.1) is 11.8 Å². The summed E-state index contributed by atoms with van der Waals surface area (Å²) in [6.07, 6.45) is 1.80. The molecular formula is C12H24N2O. The van der Waals surface area contributed by atoms with Crippen LogP contribution in [-0.2, 0) is 4.74 Å². The Morgan fingerprint density at radius 3 is 2.60 bits per heavy atom. The van der Waals surface area contributed by atoms with Gasteiger partial charge < -0.3 is 15.0 Å². The molecule has 15 heavy (non-hydrogen) atoms. The van der Waals surface area contributed by atoms with Crippen molar-refractivity contribution in [2.24, 2.45) is 11.8 Å². The fraction of sp³-hybridized carbons (Fsp3) is 1.00. The molecule has 88 valence electrons. The van der Waals surface area contributed by atoms with Gasteiger partial charge in [-0.3, -0.25) is 0 Å². The fourth-order valence-corrected chi connectivity index (χ4v) is 2.97. The number of nitrogens with one attached hydrogen (secondary N) is 1. The van der Waals surface area contributed by atoms with Crippen molar-refractivity contribution < 1.29 is 4.74 Å². The van der Waals surface area contributed by atoms with Crippen LogP contribution in [0.4, 0.5) is 0 Å². The van der Waals surface area contributed by atoms with Crippen molar-refractivity contribution in [2.75, 3.05) is 39.3 Å². The molecule has 0 aromatic rings. The molecule has 0 radical (unpaired) electrons. The second kappa shape index (κ2) is 5.28. The van der Waals surface area contributed by atoms with E-state index in [4.69, 9.17) is 4.74 Å². The molecular weight excluding hydrogens is 188 g/mol. The number of rotatable bonds is 2. The standard InChI is InChI=1S/C12H24N2O/c1-10-5-11(2)8-14(7-10)9-12-6-13-3-4-15-12/h10-13H,3-9H2,1-2H3. The number of nitrogens with zero attached hydrogens (tertiary/aromatic N) is 1. The molecule has 3 nitrogen and oxygen atoms in total. The highest BCUT2D eigenvalue weighted by Gasteiger charge is 2.24. The zero-order chi connectivity index (χ0) is 10.7. The highest BCUT2D eigenvalue weighted by Crippen LogP contribution is 2.21. The molecule has 2 heterocycles. The zero-order valence-corrected chi connectivity index (χ0v) is 10.0. The summed E-state index contributed by atoms with van der Waals surface area (Å²) in [6.45, 7) is 11.3. The molecule has 0 saturated carbocycles. The van der Waals surface area contributed by atoms with E-state index >= 15 is 0 Å². The predicted molar refractivity (Wildman–Crippen MR) is 62.0 cm³/mol. The summed E-state index contributed by atoms with van der Waals surface area (Å²) < 4.78 is 5.75. The minimum Gasteiger partial charge on any atom is -0.374 e. The molecule has 2 rings (SSSR count). The van der Waals surface area contributed by atoms with Gasteiger partial charge in [-0.25, -0.2) is 0 Å². The monoisotopic (exact) mass is 212 g/mol. The Labute approximate surface area is 93.2 Å². The average Bonchev–Trinajstić information content (AvgIpc) is 2.17. The zero-order valence-electron chi connectivity index (χ0n) is 10.0. The van der Waals surface area contributed by atoms with Gasteiger partial charge in [0.05, 0.1) is 12.7 Å². The van der Waals surface area contributed by atoms with Gasteiger partial charge >= 0.3 is 0 Å². The summed E-state index contributed by atoms with van der Waals surface area (Å²) in [4.78, 5) is 2.58. The van der Waals surface area contributed by atoms with E-state index in [9.17, 15) is 0 Å². The molecule has 1 N–H and O–H groups in total. The Morgan fingerprint density at radius 2 is 2.00 bits per heavy atom. The number of piperidine rings is 1. The summed E-state index contributed by atoms with van der Waals surface area (Å²) in [5, 5.41) is 3.40. The Balaban J connectivity index is 1.77. The molecule has 2 aliphatic rings. The second-order valence-corrected chi connectivity index (χ2v) is 5.36. The normalized spacial score (nSPS) is 39.2. The third-order valence-electron chi connectivity index (χ3n) is 3.41. The maximum absolute atomic E-state index is 5.75. The molecule has 0 bridgehead atoms. The van der Waals surface area contributed by atoms with Gasteiger partial charge in [-0.05, 0) is 18.3 Å². The molecule has 2 saturated heterocycles. The lowest BCUT2D eigenvalue weighted by Crippen LogP contribution is -2.48. The first-order chi connectivity index (χ1) is 7.24. The van der Waals surface area contributed by atoms with Gasteiger partial charge in [0.25, 0.3) is 0 Å². The highest BCUT2D eigenvalue weighted by atomic mass is 16.5. The van der Waals surface area contributed by atoms with Crippen molar-refractivity contribution >= 4 is 0 Å². The number of hydrogen-bond donors (Lipinski definition) is 1. The van der Waals surface area contributed by atoms with E-state index < -0.39 is 0 Å². The van der Waals surface area contributed by atoms with E-state index in [1.165, 1.54) is 19.5 Å². The van der Waals surface area contributed by atoms with E-state index in [1.807, 2.05) is 0 Å². The third-order valence-corrected chi connectivity index (χ3v) is 3.41. The van der Waals surface area contributed by atoms with Crippen molar-refractivity contribution in [1.82, 2.24) is 10.2 Å². The van der Waals surface area contributed by atoms with Gasteiger partial charge in [0.15, 0.2) is 0 Å². The smallest absolute Gasteiger partial charge is 0.0826 e. The van der Waals surface area contributed by atoms with Gasteiger partial charge in [-0.1, -0.05) is 13.8 Å². The van der Waals surface area contributed by atoms with E-state index in [0.717, 1.165) is 38.1 Å². The largest absolute Gasteiger partial charge is 0.374 e. The number of likely N-dealkylation sites (tertiary alicyclic amines) is 1. The van der Waals surface area contributed by atoms with Gasteiger partial charge in [-0.15, -0.1) is 0 Å². The lowest BCUT2D eigenvalue weighted by Gasteiger charge is -2.37. The third kappa shape index (κ3) is 3.44. The second-order valence-electron chi connectivity index (χ2n) is 5.36. The lowest BCUT2D eigenvalue weighted by atomic mass is 9.92. The van der Waals surface area contributed by atoms with Gasteiger partial charge in [0.1, 0.15) is 0 Å². The van der Waals surface area contributed by atoms with Crippen LogP contribution < -0.4 is 5.32 Å². The molecule has 0 spiro atoms. The molecule has 0 amide bonds. The van der Waals surface area contributed by atoms with Crippen LogP contribution in [0.1, 0.15) is 20.3 Å². The van der Waals surface area contributed by atoms with Crippen molar-refractivity contribution in [3.63, 3.8) is 0 Å². The van der Waals surface area contributed by atoms with E-state index in [1.54, 1.807) is 0 Å². The number of ether oxygens (including phenoxy) is 1. The van der Waals surface area contributed by atoms with Gasteiger partial charge in [0, 0.05) is 32.7 Å². The highest BCUT2D eigenvalue weighted by molar-refractivity contribution is 4.78. The van der Waals surface area contributed by atoms with Gasteiger partial charge in [0.2, 0.25) is 0 Å². The Morgan fingerprint density at radius 1 is 1.27 bits per heavy atom. The number of morpholine rings is 1. The maximum atomic E-state index is 5.75. The average molecular weight is 212 g/mol. The first-order valence-electron chi connectivity index (χ1n) is 6.28. The first-order valence-corrected chi connectivity index (χ1v) is 6.28. The molecule has 0 aromatic carbocycles. The van der Waals surface area contributed by atoms with E-state index in [-0.39, 0.29) is 0 Å². The topological polar surface area (TPSA) is 24.5 Å². The lowest BCUT2D eigenvalue weighted by molar-refractivity contribution is -0.00655. The fourth-order valence-electron chi connectivity index (χ4n) is 2.97. The molecule has 2 fully saturated rings. The Bertz CT molecular complexity index is 182. The van der Waals surface area contributed by atoms with Crippen LogP contribution in [0.3, 0.4) is 0 Å². The summed E-state index contributed by atoms with van der Waals surface area (Å²) in [7, 11) is 0. The van der Waals surface area contributed by atoms with Crippen LogP contribution in [0.15, 0.2) is 0 Å². The SMILES string of the molecule is CC1CC(C)CN(CC2CNCCO2)C1. The quantitative estimate of drug-likeness (QED) is 0.737. The van der Waals surface area contributed by atoms with Crippen LogP contribution in [0.2, 0.25) is 0 Å². The molecule has 3 heteroatoms. The van der Waals surface area contributed by atoms with Crippen LogP contribution >= 0.6 is 0 Å². The molecule has 3 atom stereocenters. The van der Waals surface area contributed by atoms with Crippen LogP contribution in [0.5, 0.6) is 0 Å². The minimum atomic E-state index is 0.413. The molecule has 0 aliphatic carbocycles. The molecule has 2 aliphatic heterocycles.